The fourth-order valence-electron chi connectivity index (χ4n) is 12.6. The minimum Gasteiger partial charge on any atom is -0.491 e. The minimum absolute atomic E-state index is 0.0854. The van der Waals surface area contributed by atoms with Gasteiger partial charge in [0.1, 0.15) is 80.7 Å². The molecule has 598 valence electrons. The molecule has 0 amide bonds. The summed E-state index contributed by atoms with van der Waals surface area (Å²) >= 11 is 0. The van der Waals surface area contributed by atoms with E-state index in [9.17, 15) is 4.79 Å². The van der Waals surface area contributed by atoms with Crippen LogP contribution in [0.3, 0.4) is 0 Å². The number of methoxy groups -OCH3 is 4. The molecule has 112 heavy (non-hydrogen) atoms. The third kappa shape index (κ3) is 27.1. The summed E-state index contributed by atoms with van der Waals surface area (Å²) < 4.78 is 111. The van der Waals surface area contributed by atoms with E-state index >= 15 is 0 Å². The van der Waals surface area contributed by atoms with Gasteiger partial charge >= 0.3 is 5.97 Å². The number of hydrogen-bond acceptors (Lipinski definition) is 23. The zero-order chi connectivity index (χ0) is 77.6. The average molecular weight is 1540 g/mol. The monoisotopic (exact) mass is 1540 g/mol. The van der Waals surface area contributed by atoms with E-state index in [1.165, 1.54) is 5.56 Å². The molecule has 0 saturated carbocycles. The molecule has 0 radical (unpaired) electrons. The Balaban J connectivity index is 0.930. The molecule has 25 heteroatoms. The molecule has 1 atom stereocenters. The number of carbonyl (C=O) groups is 1. The van der Waals surface area contributed by atoms with Gasteiger partial charge in [-0.15, -0.1) is 0 Å². The van der Waals surface area contributed by atoms with Crippen molar-refractivity contribution in [3.8, 4) is 56.8 Å². The van der Waals surface area contributed by atoms with Gasteiger partial charge < -0.3 is 100.0 Å². The van der Waals surface area contributed by atoms with Crippen molar-refractivity contribution in [1.82, 2.24) is 24.8 Å². The molecule has 0 aliphatic carbocycles. The van der Waals surface area contributed by atoms with Crippen molar-refractivity contribution in [2.45, 2.75) is 38.7 Å². The van der Waals surface area contributed by atoms with Crippen LogP contribution < -0.4 is 28.4 Å². The Morgan fingerprint density at radius 1 is 0.375 bits per heavy atom. The number of esters is 1. The fraction of sp³-hybridized carbons (Fsp3) is 0.414. The van der Waals surface area contributed by atoms with Gasteiger partial charge in [0.2, 0.25) is 0 Å². The highest BCUT2D eigenvalue weighted by atomic mass is 16.6. The van der Waals surface area contributed by atoms with E-state index < -0.39 is 0 Å². The zero-order valence-corrected chi connectivity index (χ0v) is 64.9. The summed E-state index contributed by atoms with van der Waals surface area (Å²) in [6, 6.07) is 45.6. The lowest BCUT2D eigenvalue weighted by atomic mass is 10.0. The van der Waals surface area contributed by atoms with Crippen LogP contribution in [0.5, 0.6) is 34.5 Å². The van der Waals surface area contributed by atoms with Gasteiger partial charge in [-0.1, -0.05) is 36.4 Å². The van der Waals surface area contributed by atoms with Crippen molar-refractivity contribution >= 4 is 52.3 Å². The second kappa shape index (κ2) is 46.5. The number of carbonyl (C=O) groups excluding carboxylic acids is 1. The third-order valence-electron chi connectivity index (χ3n) is 18.1. The number of fused-ring (bicyclic) bond motifs is 8. The van der Waals surface area contributed by atoms with Gasteiger partial charge in [0.25, 0.3) is 0 Å². The molecule has 25 nitrogen and oxygen atoms in total. The van der Waals surface area contributed by atoms with E-state index in [1.807, 2.05) is 158 Å². The van der Waals surface area contributed by atoms with E-state index in [1.54, 1.807) is 28.4 Å². The van der Waals surface area contributed by atoms with E-state index in [-0.39, 0.29) is 52.2 Å². The summed E-state index contributed by atoms with van der Waals surface area (Å²) in [4.78, 5) is 33.8. The highest BCUT2D eigenvalue weighted by Crippen LogP contribution is 2.39. The Labute approximate surface area is 655 Å². The number of aromatic nitrogens is 4. The lowest BCUT2D eigenvalue weighted by molar-refractivity contribution is 0.0174. The molecule has 8 aromatic rings. The maximum atomic E-state index is 13.5. The Bertz CT molecular complexity index is 4220. The number of aromatic amines is 2. The van der Waals surface area contributed by atoms with Crippen molar-refractivity contribution in [2.75, 3.05) is 201 Å². The Morgan fingerprint density at radius 2 is 0.759 bits per heavy atom. The predicted molar refractivity (Wildman–Crippen MR) is 427 cm³/mol. The van der Waals surface area contributed by atoms with Crippen LogP contribution in [-0.2, 0) is 81.4 Å². The van der Waals surface area contributed by atoms with E-state index in [0.29, 0.717) is 190 Å². The largest absolute Gasteiger partial charge is 0.491 e. The molecule has 0 spiro atoms. The number of H-pyrrole nitrogens is 2. The predicted octanol–water partition coefficient (Wildman–Crippen LogP) is 13.5. The molecular weight excluding hydrogens is 1430 g/mol. The zero-order valence-electron chi connectivity index (χ0n) is 64.9. The first-order valence-corrected chi connectivity index (χ1v) is 38.1. The molecule has 8 bridgehead atoms. The second-order valence-corrected chi connectivity index (χ2v) is 26.4. The first-order valence-electron chi connectivity index (χ1n) is 38.1. The summed E-state index contributed by atoms with van der Waals surface area (Å²) in [5, 5.41) is 0. The molecule has 3 aliphatic heterocycles. The van der Waals surface area contributed by atoms with Gasteiger partial charge in [0, 0.05) is 85.9 Å². The van der Waals surface area contributed by atoms with Crippen LogP contribution in [0.4, 0.5) is 0 Å². The number of rotatable bonds is 52. The highest BCUT2D eigenvalue weighted by Gasteiger charge is 2.24. The molecule has 2 N–H and O–H groups in total. The molecular formula is C87H105N5O20. The number of likely N-dealkylation sites (tertiary alicyclic amines) is 1. The fourth-order valence-corrected chi connectivity index (χ4v) is 12.6. The van der Waals surface area contributed by atoms with Crippen molar-refractivity contribution in [1.29, 1.82) is 0 Å². The summed E-state index contributed by atoms with van der Waals surface area (Å²) in [7, 11) is 8.70. The molecule has 1 saturated heterocycles. The summed E-state index contributed by atoms with van der Waals surface area (Å²) in [5.41, 5.74) is 13.4. The molecule has 1 unspecified atom stereocenters. The van der Waals surface area contributed by atoms with Crippen molar-refractivity contribution < 1.29 is 94.8 Å². The van der Waals surface area contributed by atoms with Crippen LogP contribution in [0.1, 0.15) is 74.3 Å². The first-order chi connectivity index (χ1) is 55.2. The van der Waals surface area contributed by atoms with Gasteiger partial charge in [-0.3, -0.25) is 4.90 Å². The van der Waals surface area contributed by atoms with Crippen LogP contribution in [0.2, 0.25) is 0 Å². The van der Waals surface area contributed by atoms with E-state index in [2.05, 4.69) is 28.0 Å². The maximum absolute atomic E-state index is 13.5. The highest BCUT2D eigenvalue weighted by molar-refractivity contribution is 5.96. The summed E-state index contributed by atoms with van der Waals surface area (Å²) in [6.07, 6.45) is 10.3. The molecule has 3 aliphatic rings. The smallest absolute Gasteiger partial charge is 0.338 e. The molecule has 1 fully saturated rings. The average Bonchev–Trinajstić information content (AvgIpc) is 1.62. The Kier molecular flexibility index (Phi) is 34.6. The van der Waals surface area contributed by atoms with Crippen LogP contribution in [0, 0.1) is 0 Å². The van der Waals surface area contributed by atoms with Crippen molar-refractivity contribution in [3.05, 3.63) is 190 Å². The van der Waals surface area contributed by atoms with Gasteiger partial charge in [-0.2, -0.15) is 0 Å². The first kappa shape index (κ1) is 83.4. The Morgan fingerprint density at radius 3 is 1.15 bits per heavy atom. The maximum Gasteiger partial charge on any atom is 0.338 e. The summed E-state index contributed by atoms with van der Waals surface area (Å²) in [5.74, 6) is 2.81. The molecule has 11 rings (SSSR count). The van der Waals surface area contributed by atoms with Crippen LogP contribution in [0.25, 0.3) is 68.6 Å². The van der Waals surface area contributed by atoms with Crippen LogP contribution in [-0.4, -0.2) is 231 Å². The topological polar surface area (TPSA) is 253 Å². The van der Waals surface area contributed by atoms with Crippen LogP contribution in [0.15, 0.2) is 140 Å². The van der Waals surface area contributed by atoms with Crippen molar-refractivity contribution in [2.24, 2.45) is 0 Å². The SMILES string of the molecule is COCCOCCOCCOc1cc(COc2cc(OCc3cc(OCCOCCOCCOC)cc(OCCOCCOCCOC)c3)cc(-c3c4nc(c(-c5ccc(COC(=O)c6ccc(C7CCCN7C)cc6)cc5)c5ccc(cc6nc(cc7ccc3[nH]7)C=C6)[nH]5)C=C4)c2)cc(OCCOCCOCCOC)c1. The minimum atomic E-state index is -0.382. The standard InChI is InChI=1S/C87H105N5O20/c1-92-24-6-7-84(92)66-12-14-68(15-13-66)87(93)112-60-63-8-10-67(11-9-63)85-80-20-18-72(89-80)55-70-16-17-71(88-70)56-73-19-21-81(90-73)86(83-23-22-82(85)91-83)69-53-78(110-61-64-49-74(106-45-41-102-37-33-98-29-25-94-2)57-75(50-64)107-46-42-103-38-34-99-30-26-95-3)59-79(54-69)111-62-65-51-76(108-47-43-104-39-35-100-31-27-96-4)58-77(52-65)109-48-44-105-40-36-101-32-28-97-5/h8-23,49-59,84,89-90H,6-7,24-48,60-62H2,1-5H3. The number of nitrogens with zero attached hydrogens (tertiary/aromatic N) is 3. The molecule has 6 heterocycles. The van der Waals surface area contributed by atoms with Gasteiger partial charge in [0.05, 0.1) is 160 Å². The molecule has 3 aromatic heterocycles. The number of benzene rings is 5. The number of nitrogens with one attached hydrogen (secondary N) is 2. The van der Waals surface area contributed by atoms with Gasteiger partial charge in [-0.05, 0) is 169 Å². The van der Waals surface area contributed by atoms with Crippen LogP contribution >= 0.6 is 0 Å². The number of hydrogen-bond donors (Lipinski definition) is 2. The molecule has 5 aromatic carbocycles. The van der Waals surface area contributed by atoms with E-state index in [0.717, 1.165) is 91.8 Å². The lowest BCUT2D eigenvalue weighted by Gasteiger charge is -2.19. The third-order valence-corrected chi connectivity index (χ3v) is 18.1. The quantitative estimate of drug-likeness (QED) is 0.0265. The van der Waals surface area contributed by atoms with Crippen molar-refractivity contribution in [3.63, 3.8) is 0 Å². The Hall–Kier alpha value is -9.55. The van der Waals surface area contributed by atoms with E-state index in [4.69, 9.17) is 100.0 Å². The summed E-state index contributed by atoms with van der Waals surface area (Å²) in [6.45, 7) is 11.0. The number of ether oxygens (including phenoxy) is 19. The van der Waals surface area contributed by atoms with Gasteiger partial charge in [-0.25, -0.2) is 14.8 Å². The van der Waals surface area contributed by atoms with Gasteiger partial charge in [0.15, 0.2) is 0 Å². The second-order valence-electron chi connectivity index (χ2n) is 26.4. The lowest BCUT2D eigenvalue weighted by Crippen LogP contribution is -2.17. The normalized spacial score (nSPS) is 13.3.